The molecular formula is C13H18N4. The molecule has 1 heterocycles. The number of aryl methyl sites for hydroxylation is 1. The Morgan fingerprint density at radius 1 is 1.24 bits per heavy atom. The zero-order chi connectivity index (χ0) is 12.3. The number of nitrogens with two attached hydrogens (primary N) is 1. The molecule has 4 nitrogen and oxygen atoms in total. The third kappa shape index (κ3) is 3.07. The molecule has 0 aliphatic carbocycles. The zero-order valence-electron chi connectivity index (χ0n) is 10.3. The van der Waals surface area contributed by atoms with E-state index in [1.165, 1.54) is 5.56 Å². The van der Waals surface area contributed by atoms with Crippen molar-refractivity contribution in [2.45, 2.75) is 13.1 Å². The molecular weight excluding hydrogens is 212 g/mol. The van der Waals surface area contributed by atoms with E-state index in [4.69, 9.17) is 5.73 Å². The number of hydrogen-bond donors (Lipinski definition) is 1. The normalized spacial score (nSPS) is 11.0. The standard InChI is InChI=1S/C13H18N4/c1-16(9-11-6-4-3-5-7-11)10-12-8-13(14)17(2)15-12/h3-8H,9-10,14H2,1-2H3. The van der Waals surface area contributed by atoms with Crippen LogP contribution in [0.25, 0.3) is 0 Å². The first kappa shape index (κ1) is 11.7. The summed E-state index contributed by atoms with van der Waals surface area (Å²) in [4.78, 5) is 2.22. The SMILES string of the molecule is CN(Cc1ccccc1)Cc1cc(N)n(C)n1. The molecule has 0 aliphatic heterocycles. The van der Waals surface area contributed by atoms with Crippen LogP contribution in [-0.2, 0) is 20.1 Å². The van der Waals surface area contributed by atoms with Gasteiger partial charge in [0.15, 0.2) is 0 Å². The smallest absolute Gasteiger partial charge is 0.121 e. The van der Waals surface area contributed by atoms with Crippen LogP contribution in [0.2, 0.25) is 0 Å². The zero-order valence-corrected chi connectivity index (χ0v) is 10.3. The van der Waals surface area contributed by atoms with Crippen LogP contribution in [0, 0.1) is 0 Å². The van der Waals surface area contributed by atoms with Crippen molar-refractivity contribution in [3.05, 3.63) is 47.7 Å². The van der Waals surface area contributed by atoms with Gasteiger partial charge in [0, 0.05) is 26.2 Å². The summed E-state index contributed by atoms with van der Waals surface area (Å²) in [6.07, 6.45) is 0. The van der Waals surface area contributed by atoms with Crippen LogP contribution < -0.4 is 5.73 Å². The van der Waals surface area contributed by atoms with Crippen LogP contribution in [0.1, 0.15) is 11.3 Å². The molecule has 2 rings (SSSR count). The fourth-order valence-corrected chi connectivity index (χ4v) is 1.85. The van der Waals surface area contributed by atoms with Gasteiger partial charge in [0.05, 0.1) is 5.69 Å². The number of hydrogen-bond acceptors (Lipinski definition) is 3. The van der Waals surface area contributed by atoms with Gasteiger partial charge in [0.1, 0.15) is 5.82 Å². The Labute approximate surface area is 102 Å². The third-order valence-corrected chi connectivity index (χ3v) is 2.69. The van der Waals surface area contributed by atoms with Gasteiger partial charge in [0.2, 0.25) is 0 Å². The molecule has 17 heavy (non-hydrogen) atoms. The second kappa shape index (κ2) is 5.01. The molecule has 0 amide bonds. The van der Waals surface area contributed by atoms with E-state index in [1.54, 1.807) is 4.68 Å². The predicted molar refractivity (Wildman–Crippen MR) is 69.2 cm³/mol. The molecule has 0 unspecified atom stereocenters. The number of nitrogens with zero attached hydrogens (tertiary/aromatic N) is 3. The highest BCUT2D eigenvalue weighted by Crippen LogP contribution is 2.09. The van der Waals surface area contributed by atoms with Crippen LogP contribution in [-0.4, -0.2) is 21.7 Å². The van der Waals surface area contributed by atoms with Gasteiger partial charge in [-0.15, -0.1) is 0 Å². The maximum absolute atomic E-state index is 5.75. The van der Waals surface area contributed by atoms with Crippen molar-refractivity contribution >= 4 is 5.82 Å². The van der Waals surface area contributed by atoms with Gasteiger partial charge in [-0.25, -0.2) is 0 Å². The lowest BCUT2D eigenvalue weighted by molar-refractivity contribution is 0.314. The highest BCUT2D eigenvalue weighted by Gasteiger charge is 2.06. The fourth-order valence-electron chi connectivity index (χ4n) is 1.85. The van der Waals surface area contributed by atoms with Gasteiger partial charge in [-0.2, -0.15) is 5.10 Å². The van der Waals surface area contributed by atoms with Gasteiger partial charge in [-0.05, 0) is 12.6 Å². The summed E-state index contributed by atoms with van der Waals surface area (Å²) in [5, 5.41) is 4.34. The minimum Gasteiger partial charge on any atom is -0.384 e. The van der Waals surface area contributed by atoms with E-state index < -0.39 is 0 Å². The predicted octanol–water partition coefficient (Wildman–Crippen LogP) is 1.63. The average molecular weight is 230 g/mol. The second-order valence-electron chi connectivity index (χ2n) is 4.34. The van der Waals surface area contributed by atoms with Gasteiger partial charge in [-0.3, -0.25) is 9.58 Å². The van der Waals surface area contributed by atoms with Crippen LogP contribution >= 0.6 is 0 Å². The second-order valence-corrected chi connectivity index (χ2v) is 4.34. The summed E-state index contributed by atoms with van der Waals surface area (Å²) < 4.78 is 1.70. The lowest BCUT2D eigenvalue weighted by atomic mass is 10.2. The van der Waals surface area contributed by atoms with Crippen molar-refractivity contribution in [2.75, 3.05) is 12.8 Å². The number of anilines is 1. The van der Waals surface area contributed by atoms with Crippen molar-refractivity contribution in [1.82, 2.24) is 14.7 Å². The molecule has 0 radical (unpaired) electrons. The van der Waals surface area contributed by atoms with Crippen molar-refractivity contribution in [1.29, 1.82) is 0 Å². The van der Waals surface area contributed by atoms with E-state index in [0.717, 1.165) is 18.8 Å². The molecule has 0 spiro atoms. The number of aromatic nitrogens is 2. The third-order valence-electron chi connectivity index (χ3n) is 2.69. The Hall–Kier alpha value is -1.81. The topological polar surface area (TPSA) is 47.1 Å². The first-order valence-electron chi connectivity index (χ1n) is 5.66. The molecule has 90 valence electrons. The summed E-state index contributed by atoms with van der Waals surface area (Å²) in [6, 6.07) is 12.3. The van der Waals surface area contributed by atoms with Crippen molar-refractivity contribution < 1.29 is 0 Å². The number of benzene rings is 1. The summed E-state index contributed by atoms with van der Waals surface area (Å²) in [6.45, 7) is 1.72. The summed E-state index contributed by atoms with van der Waals surface area (Å²) in [5.41, 5.74) is 8.06. The summed E-state index contributed by atoms with van der Waals surface area (Å²) in [7, 11) is 3.94. The van der Waals surface area contributed by atoms with Gasteiger partial charge in [0.25, 0.3) is 0 Å². The molecule has 2 aromatic rings. The molecule has 0 saturated carbocycles. The maximum Gasteiger partial charge on any atom is 0.121 e. The first-order valence-corrected chi connectivity index (χ1v) is 5.66. The van der Waals surface area contributed by atoms with Crippen molar-refractivity contribution in [3.8, 4) is 0 Å². The molecule has 1 aromatic heterocycles. The summed E-state index contributed by atoms with van der Waals surface area (Å²) in [5.74, 6) is 0.702. The lowest BCUT2D eigenvalue weighted by Gasteiger charge is -2.14. The monoisotopic (exact) mass is 230 g/mol. The van der Waals surface area contributed by atoms with Crippen LogP contribution in [0.5, 0.6) is 0 Å². The van der Waals surface area contributed by atoms with Crippen LogP contribution in [0.15, 0.2) is 36.4 Å². The van der Waals surface area contributed by atoms with E-state index in [0.29, 0.717) is 5.82 Å². The highest BCUT2D eigenvalue weighted by atomic mass is 15.3. The number of rotatable bonds is 4. The largest absolute Gasteiger partial charge is 0.384 e. The Kier molecular flexibility index (Phi) is 3.44. The lowest BCUT2D eigenvalue weighted by Crippen LogP contribution is -2.17. The highest BCUT2D eigenvalue weighted by molar-refractivity contribution is 5.30. The Balaban J connectivity index is 1.95. The first-order chi connectivity index (χ1) is 8.15. The minimum absolute atomic E-state index is 0.702. The Bertz CT molecular complexity index is 456. The number of nitrogen functional groups attached to an aromatic ring is 1. The molecule has 4 heteroatoms. The molecule has 2 N–H and O–H groups in total. The van der Waals surface area contributed by atoms with E-state index >= 15 is 0 Å². The van der Waals surface area contributed by atoms with E-state index in [-0.39, 0.29) is 0 Å². The van der Waals surface area contributed by atoms with Crippen LogP contribution in [0.3, 0.4) is 0 Å². The van der Waals surface area contributed by atoms with Crippen molar-refractivity contribution in [2.24, 2.45) is 7.05 Å². The molecule has 0 atom stereocenters. The molecule has 1 aromatic carbocycles. The van der Waals surface area contributed by atoms with Gasteiger partial charge < -0.3 is 5.73 Å². The Morgan fingerprint density at radius 3 is 2.53 bits per heavy atom. The maximum atomic E-state index is 5.75. The van der Waals surface area contributed by atoms with E-state index in [1.807, 2.05) is 19.2 Å². The average Bonchev–Trinajstić information content (AvgIpc) is 2.59. The van der Waals surface area contributed by atoms with E-state index in [2.05, 4.69) is 41.3 Å². The fraction of sp³-hybridized carbons (Fsp3) is 0.308. The minimum atomic E-state index is 0.702. The van der Waals surface area contributed by atoms with Crippen LogP contribution in [0.4, 0.5) is 5.82 Å². The van der Waals surface area contributed by atoms with Crippen molar-refractivity contribution in [3.63, 3.8) is 0 Å². The van der Waals surface area contributed by atoms with E-state index in [9.17, 15) is 0 Å². The van der Waals surface area contributed by atoms with Gasteiger partial charge in [-0.1, -0.05) is 30.3 Å². The molecule has 0 saturated heterocycles. The Morgan fingerprint density at radius 2 is 1.94 bits per heavy atom. The molecule has 0 bridgehead atoms. The quantitative estimate of drug-likeness (QED) is 0.868. The summed E-state index contributed by atoms with van der Waals surface area (Å²) >= 11 is 0. The molecule has 0 fully saturated rings. The van der Waals surface area contributed by atoms with Gasteiger partial charge >= 0.3 is 0 Å². The molecule has 0 aliphatic rings.